The number of benzene rings is 2. The Hall–Kier alpha value is -3.39. The highest BCUT2D eigenvalue weighted by molar-refractivity contribution is 5.99. The molecule has 1 atom stereocenters. The number of hydrogen-bond donors (Lipinski definition) is 2. The summed E-state index contributed by atoms with van der Waals surface area (Å²) in [5.41, 5.74) is 3.75. The number of oxime groups is 1. The molecule has 0 spiro atoms. The average Bonchev–Trinajstić information content (AvgIpc) is 3.15. The Morgan fingerprint density at radius 3 is 2.57 bits per heavy atom. The molecule has 0 saturated carbocycles. The minimum Gasteiger partial charge on any atom is -0.463 e. The largest absolute Gasteiger partial charge is 0.463 e. The number of carbonyl (C=O) groups excluding carboxylic acids is 2. The third-order valence-electron chi connectivity index (χ3n) is 4.55. The van der Waals surface area contributed by atoms with E-state index >= 15 is 0 Å². The van der Waals surface area contributed by atoms with Crippen molar-refractivity contribution in [1.82, 2.24) is 5.48 Å². The molecule has 2 aromatic rings. The van der Waals surface area contributed by atoms with Crippen LogP contribution in [0.2, 0.25) is 0 Å². The molecule has 1 unspecified atom stereocenters. The van der Waals surface area contributed by atoms with Gasteiger partial charge in [0.2, 0.25) is 0 Å². The number of nitrogens with one attached hydrogen (secondary N) is 2. The van der Waals surface area contributed by atoms with E-state index in [1.807, 2.05) is 30.3 Å². The fraction of sp³-hybridized carbons (Fsp3) is 0.318. The summed E-state index contributed by atoms with van der Waals surface area (Å²) in [5, 5.41) is 7.04. The van der Waals surface area contributed by atoms with Crippen molar-refractivity contribution in [3.05, 3.63) is 65.7 Å². The number of ether oxygens (including phenoxy) is 1. The second kappa shape index (κ2) is 9.89. The lowest BCUT2D eigenvalue weighted by molar-refractivity contribution is -0.167. The van der Waals surface area contributed by atoms with Gasteiger partial charge in [-0.25, -0.2) is 10.3 Å². The van der Waals surface area contributed by atoms with Crippen molar-refractivity contribution in [3.63, 3.8) is 0 Å². The highest BCUT2D eigenvalue weighted by atomic mass is 16.7. The van der Waals surface area contributed by atoms with Gasteiger partial charge in [0.15, 0.2) is 0 Å². The van der Waals surface area contributed by atoms with Crippen LogP contribution in [0.1, 0.15) is 36.2 Å². The van der Waals surface area contributed by atoms with E-state index in [0.717, 1.165) is 5.56 Å². The molecule has 30 heavy (non-hydrogen) atoms. The lowest BCUT2D eigenvalue weighted by atomic mass is 9.97. The number of nitrogens with zero attached hydrogens (tertiary/aromatic N) is 1. The number of rotatable bonds is 9. The summed E-state index contributed by atoms with van der Waals surface area (Å²) in [6, 6.07) is 16.5. The lowest BCUT2D eigenvalue weighted by Gasteiger charge is -2.25. The molecule has 158 valence electrons. The third-order valence-corrected chi connectivity index (χ3v) is 4.55. The van der Waals surface area contributed by atoms with Gasteiger partial charge in [0.1, 0.15) is 0 Å². The van der Waals surface area contributed by atoms with Crippen LogP contribution in [0.5, 0.6) is 0 Å². The average molecular weight is 411 g/mol. The number of amides is 1. The number of hydroxylamine groups is 1. The molecule has 1 heterocycles. The number of carbonyl (C=O) groups is 2. The molecular weight excluding hydrogens is 386 g/mol. The predicted molar refractivity (Wildman–Crippen MR) is 112 cm³/mol. The Morgan fingerprint density at radius 2 is 1.87 bits per heavy atom. The van der Waals surface area contributed by atoms with E-state index in [0.29, 0.717) is 23.4 Å². The van der Waals surface area contributed by atoms with Crippen molar-refractivity contribution >= 4 is 23.3 Å². The third kappa shape index (κ3) is 5.15. The topological polar surface area (TPSA) is 98.2 Å². The van der Waals surface area contributed by atoms with E-state index in [-0.39, 0.29) is 19.8 Å². The second-order valence-electron chi connectivity index (χ2n) is 6.91. The molecule has 0 aromatic heterocycles. The number of esters is 1. The van der Waals surface area contributed by atoms with Gasteiger partial charge in [-0.3, -0.25) is 9.63 Å². The van der Waals surface area contributed by atoms with Crippen molar-refractivity contribution < 1.29 is 24.0 Å². The highest BCUT2D eigenvalue weighted by Crippen LogP contribution is 2.27. The van der Waals surface area contributed by atoms with E-state index in [4.69, 9.17) is 14.4 Å². The molecule has 2 N–H and O–H groups in total. The Labute approximate surface area is 175 Å². The molecule has 0 radical (unpaired) electrons. The summed E-state index contributed by atoms with van der Waals surface area (Å²) >= 11 is 0. The van der Waals surface area contributed by atoms with Crippen LogP contribution >= 0.6 is 0 Å². The van der Waals surface area contributed by atoms with Crippen LogP contribution in [0.3, 0.4) is 0 Å². The van der Waals surface area contributed by atoms with Crippen molar-refractivity contribution in [1.29, 1.82) is 0 Å². The summed E-state index contributed by atoms with van der Waals surface area (Å²) in [4.78, 5) is 35.8. The summed E-state index contributed by atoms with van der Waals surface area (Å²) in [6.07, 6.45) is 0.313. The first-order valence-corrected chi connectivity index (χ1v) is 9.72. The van der Waals surface area contributed by atoms with Crippen LogP contribution in [-0.4, -0.2) is 36.3 Å². The molecule has 0 saturated heterocycles. The maximum absolute atomic E-state index is 12.6. The molecule has 1 aliphatic heterocycles. The van der Waals surface area contributed by atoms with Crippen LogP contribution in [-0.2, 0) is 25.8 Å². The first kappa shape index (κ1) is 21.3. The molecule has 0 bridgehead atoms. The Kier molecular flexibility index (Phi) is 7.03. The first-order chi connectivity index (χ1) is 14.5. The first-order valence-electron chi connectivity index (χ1n) is 9.72. The zero-order valence-corrected chi connectivity index (χ0v) is 17.0. The van der Waals surface area contributed by atoms with E-state index in [2.05, 4.69) is 16.0 Å². The van der Waals surface area contributed by atoms with Crippen molar-refractivity contribution in [2.45, 2.75) is 32.5 Å². The maximum atomic E-state index is 12.6. The van der Waals surface area contributed by atoms with Gasteiger partial charge < -0.3 is 14.9 Å². The van der Waals surface area contributed by atoms with Crippen molar-refractivity contribution in [2.24, 2.45) is 5.16 Å². The fourth-order valence-electron chi connectivity index (χ4n) is 3.07. The fourth-order valence-corrected chi connectivity index (χ4v) is 3.07. The summed E-state index contributed by atoms with van der Waals surface area (Å²) in [5.74, 6) is -0.898. The monoisotopic (exact) mass is 411 g/mol. The van der Waals surface area contributed by atoms with E-state index < -0.39 is 17.5 Å². The van der Waals surface area contributed by atoms with E-state index in [1.165, 1.54) is 0 Å². The van der Waals surface area contributed by atoms with Gasteiger partial charge in [-0.05, 0) is 31.5 Å². The Morgan fingerprint density at radius 1 is 1.13 bits per heavy atom. The zero-order valence-electron chi connectivity index (χ0n) is 17.0. The van der Waals surface area contributed by atoms with Crippen LogP contribution in [0, 0.1) is 0 Å². The van der Waals surface area contributed by atoms with Gasteiger partial charge in [-0.2, -0.15) is 0 Å². The molecule has 1 amide bonds. The Balaban J connectivity index is 1.64. The number of para-hydroxylation sites is 1. The Bertz CT molecular complexity index is 916. The van der Waals surface area contributed by atoms with Gasteiger partial charge >= 0.3 is 5.97 Å². The smallest absolute Gasteiger partial charge is 0.355 e. The maximum Gasteiger partial charge on any atom is 0.355 e. The van der Waals surface area contributed by atoms with Crippen molar-refractivity contribution in [2.75, 3.05) is 18.5 Å². The molecule has 8 nitrogen and oxygen atoms in total. The predicted octanol–water partition coefficient (Wildman–Crippen LogP) is 3.06. The van der Waals surface area contributed by atoms with Gasteiger partial charge in [0, 0.05) is 12.1 Å². The molecule has 1 aliphatic rings. The van der Waals surface area contributed by atoms with Gasteiger partial charge in [-0.1, -0.05) is 47.6 Å². The quantitative estimate of drug-likeness (QED) is 0.486. The SMILES string of the molecule is CCOC(=O)C1(CNc2ccccc2C(=O)NOCc2ccccc2)CC(C)=NO1. The normalized spacial score (nSPS) is 17.6. The molecule has 0 aliphatic carbocycles. The second-order valence-corrected chi connectivity index (χ2v) is 6.91. The van der Waals surface area contributed by atoms with Crippen LogP contribution in [0.4, 0.5) is 5.69 Å². The molecular formula is C22H25N3O5. The highest BCUT2D eigenvalue weighted by Gasteiger charge is 2.47. The standard InChI is InChI=1S/C22H25N3O5/c1-3-28-21(27)22(13-16(2)24-30-22)15-23-19-12-8-7-11-18(19)20(26)25-29-14-17-9-5-4-6-10-17/h4-12,23H,3,13-15H2,1-2H3,(H,25,26). The summed E-state index contributed by atoms with van der Waals surface area (Å²) in [7, 11) is 0. The molecule has 2 aromatic carbocycles. The molecule has 3 rings (SSSR count). The lowest BCUT2D eigenvalue weighted by Crippen LogP contribution is -2.46. The van der Waals surface area contributed by atoms with Crippen LogP contribution in [0.25, 0.3) is 0 Å². The van der Waals surface area contributed by atoms with E-state index in [9.17, 15) is 9.59 Å². The van der Waals surface area contributed by atoms with Crippen LogP contribution < -0.4 is 10.8 Å². The van der Waals surface area contributed by atoms with E-state index in [1.54, 1.807) is 38.1 Å². The van der Waals surface area contributed by atoms with Crippen molar-refractivity contribution in [3.8, 4) is 0 Å². The zero-order chi connectivity index (χ0) is 21.4. The van der Waals surface area contributed by atoms with Crippen LogP contribution in [0.15, 0.2) is 59.8 Å². The van der Waals surface area contributed by atoms with Gasteiger partial charge in [0.25, 0.3) is 11.5 Å². The number of anilines is 1. The minimum absolute atomic E-state index is 0.0990. The van der Waals surface area contributed by atoms with Gasteiger partial charge in [0.05, 0.1) is 31.0 Å². The molecule has 8 heteroatoms. The summed E-state index contributed by atoms with van der Waals surface area (Å²) < 4.78 is 5.16. The van der Waals surface area contributed by atoms with Gasteiger partial charge in [-0.15, -0.1) is 0 Å². The molecule has 0 fully saturated rings. The minimum atomic E-state index is -1.26. The summed E-state index contributed by atoms with van der Waals surface area (Å²) in [6.45, 7) is 4.10. The number of hydrogen-bond acceptors (Lipinski definition) is 7.